The number of hydrogen-bond donors (Lipinski definition) is 1. The maximum Gasteiger partial charge on any atom is 0.265 e. The van der Waals surface area contributed by atoms with Crippen molar-refractivity contribution in [3.05, 3.63) is 48.0 Å². The van der Waals surface area contributed by atoms with Crippen molar-refractivity contribution in [2.45, 2.75) is 20.0 Å². The lowest BCUT2D eigenvalue weighted by Gasteiger charge is -2.16. The van der Waals surface area contributed by atoms with Gasteiger partial charge in [-0.1, -0.05) is 17.7 Å². The van der Waals surface area contributed by atoms with Crippen molar-refractivity contribution in [1.29, 1.82) is 0 Å². The molecule has 2 aromatic rings. The molecule has 5 heteroatoms. The maximum absolute atomic E-state index is 12.3. The Morgan fingerprint density at radius 2 is 1.65 bits per heavy atom. The van der Waals surface area contributed by atoms with Gasteiger partial charge < -0.3 is 19.5 Å². The first-order valence-corrected chi connectivity index (χ1v) is 7.29. The average Bonchev–Trinajstić information content (AvgIpc) is 2.57. The normalized spacial score (nSPS) is 11.5. The summed E-state index contributed by atoms with van der Waals surface area (Å²) in [6.45, 7) is 3.70. The fourth-order valence-electron chi connectivity index (χ4n) is 2.01. The third kappa shape index (κ3) is 4.39. The molecule has 0 heterocycles. The minimum Gasteiger partial charge on any atom is -0.497 e. The summed E-state index contributed by atoms with van der Waals surface area (Å²) in [6, 6.07) is 12.7. The smallest absolute Gasteiger partial charge is 0.265 e. The number of aryl methyl sites for hydroxylation is 1. The van der Waals surface area contributed by atoms with E-state index in [2.05, 4.69) is 5.32 Å². The summed E-state index contributed by atoms with van der Waals surface area (Å²) in [5.41, 5.74) is 1.70. The highest BCUT2D eigenvalue weighted by molar-refractivity contribution is 5.95. The molecule has 2 rings (SSSR count). The molecule has 0 aliphatic carbocycles. The van der Waals surface area contributed by atoms with Crippen LogP contribution in [-0.2, 0) is 4.79 Å². The first-order chi connectivity index (χ1) is 11.0. The summed E-state index contributed by atoms with van der Waals surface area (Å²) in [4.78, 5) is 12.3. The molecule has 1 amide bonds. The molecular weight excluding hydrogens is 294 g/mol. The Morgan fingerprint density at radius 3 is 2.26 bits per heavy atom. The summed E-state index contributed by atoms with van der Waals surface area (Å²) in [5, 5.41) is 2.80. The Balaban J connectivity index is 2.04. The van der Waals surface area contributed by atoms with E-state index in [4.69, 9.17) is 14.2 Å². The van der Waals surface area contributed by atoms with E-state index in [9.17, 15) is 4.79 Å². The number of nitrogens with one attached hydrogen (secondary N) is 1. The maximum atomic E-state index is 12.3. The Kier molecular flexibility index (Phi) is 5.46. The minimum absolute atomic E-state index is 0.256. The van der Waals surface area contributed by atoms with Gasteiger partial charge in [0.25, 0.3) is 5.91 Å². The summed E-state index contributed by atoms with van der Waals surface area (Å²) in [6.07, 6.45) is -0.635. The summed E-state index contributed by atoms with van der Waals surface area (Å²) >= 11 is 0. The molecule has 0 aliphatic heterocycles. The van der Waals surface area contributed by atoms with E-state index in [0.29, 0.717) is 22.9 Å². The highest BCUT2D eigenvalue weighted by Crippen LogP contribution is 2.29. The SMILES string of the molecule is COc1ccc(NC(=O)[C@@H](C)Oc2ccc(C)cc2)c(OC)c1. The number of ether oxygens (including phenoxy) is 3. The third-order valence-electron chi connectivity index (χ3n) is 3.37. The lowest BCUT2D eigenvalue weighted by atomic mass is 10.2. The van der Waals surface area contributed by atoms with Crippen LogP contribution in [0.1, 0.15) is 12.5 Å². The van der Waals surface area contributed by atoms with Crippen molar-refractivity contribution in [3.63, 3.8) is 0 Å². The van der Waals surface area contributed by atoms with Crippen LogP contribution in [0.2, 0.25) is 0 Å². The quantitative estimate of drug-likeness (QED) is 0.887. The van der Waals surface area contributed by atoms with Gasteiger partial charge >= 0.3 is 0 Å². The van der Waals surface area contributed by atoms with Gasteiger partial charge in [-0.2, -0.15) is 0 Å². The highest BCUT2D eigenvalue weighted by atomic mass is 16.5. The Bertz CT molecular complexity index is 667. The fourth-order valence-corrected chi connectivity index (χ4v) is 2.01. The molecule has 1 N–H and O–H groups in total. The van der Waals surface area contributed by atoms with Crippen LogP contribution in [0.25, 0.3) is 0 Å². The molecule has 0 saturated heterocycles. The van der Waals surface area contributed by atoms with E-state index in [1.54, 1.807) is 32.2 Å². The van der Waals surface area contributed by atoms with Crippen LogP contribution in [-0.4, -0.2) is 26.2 Å². The van der Waals surface area contributed by atoms with Crippen LogP contribution in [0.15, 0.2) is 42.5 Å². The van der Waals surface area contributed by atoms with Gasteiger partial charge in [0.15, 0.2) is 6.10 Å². The molecular formula is C18H21NO4. The number of anilines is 1. The number of carbonyl (C=O) groups is 1. The second-order valence-electron chi connectivity index (χ2n) is 5.13. The predicted octanol–water partition coefficient (Wildman–Crippen LogP) is 3.42. The molecule has 0 aromatic heterocycles. The van der Waals surface area contributed by atoms with Gasteiger partial charge in [0.2, 0.25) is 0 Å². The third-order valence-corrected chi connectivity index (χ3v) is 3.37. The zero-order valence-corrected chi connectivity index (χ0v) is 13.8. The highest BCUT2D eigenvalue weighted by Gasteiger charge is 2.17. The van der Waals surface area contributed by atoms with E-state index in [1.807, 2.05) is 31.2 Å². The van der Waals surface area contributed by atoms with Crippen LogP contribution < -0.4 is 19.5 Å². The van der Waals surface area contributed by atoms with Crippen LogP contribution in [0.4, 0.5) is 5.69 Å². The second kappa shape index (κ2) is 7.54. The molecule has 0 aliphatic rings. The molecule has 0 saturated carbocycles. The number of carbonyl (C=O) groups excluding carboxylic acids is 1. The second-order valence-corrected chi connectivity index (χ2v) is 5.13. The van der Waals surface area contributed by atoms with Gasteiger partial charge in [0, 0.05) is 6.07 Å². The van der Waals surface area contributed by atoms with Gasteiger partial charge in [0.05, 0.1) is 19.9 Å². The zero-order valence-electron chi connectivity index (χ0n) is 13.8. The topological polar surface area (TPSA) is 56.8 Å². The van der Waals surface area contributed by atoms with Gasteiger partial charge in [-0.15, -0.1) is 0 Å². The zero-order chi connectivity index (χ0) is 16.8. The van der Waals surface area contributed by atoms with Crippen molar-refractivity contribution in [1.82, 2.24) is 0 Å². The summed E-state index contributed by atoms with van der Waals surface area (Å²) < 4.78 is 16.0. The van der Waals surface area contributed by atoms with E-state index >= 15 is 0 Å². The molecule has 0 spiro atoms. The van der Waals surface area contributed by atoms with Gasteiger partial charge in [-0.05, 0) is 38.1 Å². The minimum atomic E-state index is -0.635. The van der Waals surface area contributed by atoms with Crippen molar-refractivity contribution < 1.29 is 19.0 Å². The summed E-state index contributed by atoms with van der Waals surface area (Å²) in [7, 11) is 3.11. The average molecular weight is 315 g/mol. The molecule has 2 aromatic carbocycles. The number of methoxy groups -OCH3 is 2. The lowest BCUT2D eigenvalue weighted by molar-refractivity contribution is -0.122. The van der Waals surface area contributed by atoms with E-state index in [1.165, 1.54) is 7.11 Å². The number of hydrogen-bond acceptors (Lipinski definition) is 4. The molecule has 1 atom stereocenters. The number of benzene rings is 2. The van der Waals surface area contributed by atoms with Crippen molar-refractivity contribution in [2.75, 3.05) is 19.5 Å². The van der Waals surface area contributed by atoms with Gasteiger partial charge in [-0.25, -0.2) is 0 Å². The molecule has 0 unspecified atom stereocenters. The van der Waals surface area contributed by atoms with Crippen LogP contribution >= 0.6 is 0 Å². The largest absolute Gasteiger partial charge is 0.497 e. The van der Waals surface area contributed by atoms with Crippen LogP contribution in [0.3, 0.4) is 0 Å². The number of amides is 1. The molecule has 23 heavy (non-hydrogen) atoms. The first-order valence-electron chi connectivity index (χ1n) is 7.29. The predicted molar refractivity (Wildman–Crippen MR) is 89.4 cm³/mol. The number of rotatable bonds is 6. The van der Waals surface area contributed by atoms with Crippen LogP contribution in [0, 0.1) is 6.92 Å². The van der Waals surface area contributed by atoms with Gasteiger partial charge in [-0.3, -0.25) is 4.79 Å². The van der Waals surface area contributed by atoms with Gasteiger partial charge in [0.1, 0.15) is 17.2 Å². The van der Waals surface area contributed by atoms with Crippen molar-refractivity contribution in [2.24, 2.45) is 0 Å². The Morgan fingerprint density at radius 1 is 1.00 bits per heavy atom. The van der Waals surface area contributed by atoms with Crippen molar-refractivity contribution >= 4 is 11.6 Å². The molecule has 0 fully saturated rings. The lowest BCUT2D eigenvalue weighted by Crippen LogP contribution is -2.30. The molecule has 0 bridgehead atoms. The van der Waals surface area contributed by atoms with E-state index in [0.717, 1.165) is 5.56 Å². The Labute approximate surface area is 136 Å². The van der Waals surface area contributed by atoms with E-state index in [-0.39, 0.29) is 5.91 Å². The van der Waals surface area contributed by atoms with E-state index < -0.39 is 6.10 Å². The Hall–Kier alpha value is -2.69. The van der Waals surface area contributed by atoms with Crippen molar-refractivity contribution in [3.8, 4) is 17.2 Å². The molecule has 122 valence electrons. The fraction of sp³-hybridized carbons (Fsp3) is 0.278. The summed E-state index contributed by atoms with van der Waals surface area (Å²) in [5.74, 6) is 1.58. The first kappa shape index (κ1) is 16.7. The molecule has 0 radical (unpaired) electrons. The molecule has 5 nitrogen and oxygen atoms in total. The standard InChI is InChI=1S/C18H21NO4/c1-12-5-7-14(8-6-12)23-13(2)18(20)19-16-10-9-15(21-3)11-17(16)22-4/h5-11,13H,1-4H3,(H,19,20)/t13-/m1/s1. The van der Waals surface area contributed by atoms with Crippen LogP contribution in [0.5, 0.6) is 17.2 Å². The monoisotopic (exact) mass is 315 g/mol.